The summed E-state index contributed by atoms with van der Waals surface area (Å²) in [6.45, 7) is 0.661. The van der Waals surface area contributed by atoms with E-state index in [2.05, 4.69) is 5.32 Å². The molecule has 0 fully saturated rings. The first kappa shape index (κ1) is 14.1. The van der Waals surface area contributed by atoms with Crippen LogP contribution < -0.4 is 10.1 Å². The third-order valence-corrected chi connectivity index (χ3v) is 3.93. The van der Waals surface area contributed by atoms with E-state index in [1.807, 2.05) is 30.3 Å². The smallest absolute Gasteiger partial charge is 0.123 e. The predicted molar refractivity (Wildman–Crippen MR) is 84.2 cm³/mol. The summed E-state index contributed by atoms with van der Waals surface area (Å²) in [4.78, 5) is 0. The Hall–Kier alpha value is -1.89. The normalized spacial score (nSPS) is 16.0. The fourth-order valence-corrected chi connectivity index (χ4v) is 2.77. The first-order valence-electron chi connectivity index (χ1n) is 6.54. The Morgan fingerprint density at radius 2 is 2.10 bits per heavy atom. The van der Waals surface area contributed by atoms with Gasteiger partial charge in [-0.2, -0.15) is 5.26 Å². The van der Waals surface area contributed by atoms with Gasteiger partial charge in [0, 0.05) is 17.1 Å². The van der Waals surface area contributed by atoms with Gasteiger partial charge in [-0.15, -0.1) is 0 Å². The second-order valence-electron chi connectivity index (χ2n) is 4.88. The lowest BCUT2D eigenvalue weighted by atomic mass is 10.1. The van der Waals surface area contributed by atoms with Crippen molar-refractivity contribution in [3.63, 3.8) is 0 Å². The van der Waals surface area contributed by atoms with Gasteiger partial charge in [0.2, 0.25) is 0 Å². The third kappa shape index (κ3) is 3.07. The van der Waals surface area contributed by atoms with Crippen LogP contribution in [0.3, 0.4) is 0 Å². The lowest BCUT2D eigenvalue weighted by molar-refractivity contribution is 0.246. The van der Waals surface area contributed by atoms with Crippen LogP contribution in [0.15, 0.2) is 36.4 Å². The summed E-state index contributed by atoms with van der Waals surface area (Å²) in [5.74, 6) is 0.893. The van der Waals surface area contributed by atoms with E-state index in [4.69, 9.17) is 33.2 Å². The van der Waals surface area contributed by atoms with Crippen molar-refractivity contribution in [1.82, 2.24) is 0 Å². The Labute approximate surface area is 133 Å². The first-order chi connectivity index (χ1) is 10.2. The minimum atomic E-state index is 0.0629. The molecule has 2 aromatic carbocycles. The number of hydrogen-bond donors (Lipinski definition) is 1. The van der Waals surface area contributed by atoms with Crippen LogP contribution in [0, 0.1) is 11.3 Å². The largest absolute Gasteiger partial charge is 0.488 e. The molecule has 3 rings (SSSR count). The van der Waals surface area contributed by atoms with E-state index in [0.717, 1.165) is 28.4 Å². The number of benzene rings is 2. The molecule has 1 atom stereocenters. The van der Waals surface area contributed by atoms with Gasteiger partial charge in [0.1, 0.15) is 17.9 Å². The molecule has 3 nitrogen and oxygen atoms in total. The summed E-state index contributed by atoms with van der Waals surface area (Å²) >= 11 is 12.0. The Morgan fingerprint density at radius 1 is 1.24 bits per heavy atom. The molecule has 0 amide bonds. The van der Waals surface area contributed by atoms with Crippen LogP contribution >= 0.6 is 23.2 Å². The molecule has 0 aliphatic carbocycles. The molecule has 5 heteroatoms. The van der Waals surface area contributed by atoms with Gasteiger partial charge in [-0.1, -0.05) is 23.2 Å². The molecule has 0 bridgehead atoms. The zero-order valence-electron chi connectivity index (χ0n) is 11.1. The van der Waals surface area contributed by atoms with Crippen molar-refractivity contribution in [3.05, 3.63) is 57.6 Å². The van der Waals surface area contributed by atoms with E-state index in [1.54, 1.807) is 12.1 Å². The highest BCUT2D eigenvalue weighted by atomic mass is 35.5. The fourth-order valence-electron chi connectivity index (χ4n) is 2.35. The number of ether oxygens (including phenoxy) is 1. The Balaban J connectivity index is 1.62. The number of fused-ring (bicyclic) bond motifs is 1. The zero-order chi connectivity index (χ0) is 14.8. The monoisotopic (exact) mass is 318 g/mol. The summed E-state index contributed by atoms with van der Waals surface area (Å²) in [5, 5.41) is 13.3. The van der Waals surface area contributed by atoms with Crippen LogP contribution in [0.5, 0.6) is 5.75 Å². The molecule has 106 valence electrons. The molecule has 0 saturated heterocycles. The average Bonchev–Trinajstić information content (AvgIpc) is 2.87. The highest BCUT2D eigenvalue weighted by Crippen LogP contribution is 2.31. The maximum atomic E-state index is 8.85. The molecule has 1 aliphatic rings. The van der Waals surface area contributed by atoms with Crippen molar-refractivity contribution < 1.29 is 4.74 Å². The maximum absolute atomic E-state index is 8.85. The number of nitrogens with one attached hydrogen (secondary N) is 1. The second-order valence-corrected chi connectivity index (χ2v) is 5.73. The molecule has 1 unspecified atom stereocenters. The Bertz CT molecular complexity index is 725. The highest BCUT2D eigenvalue weighted by Gasteiger charge is 2.22. The zero-order valence-corrected chi connectivity index (χ0v) is 12.6. The Kier molecular flexibility index (Phi) is 3.92. The number of nitrogens with zero attached hydrogens (tertiary/aromatic N) is 1. The van der Waals surface area contributed by atoms with Crippen molar-refractivity contribution >= 4 is 28.9 Å². The van der Waals surface area contributed by atoms with Crippen molar-refractivity contribution in [1.29, 1.82) is 5.26 Å². The van der Waals surface area contributed by atoms with E-state index in [0.29, 0.717) is 17.1 Å². The van der Waals surface area contributed by atoms with Crippen LogP contribution in [-0.4, -0.2) is 12.6 Å². The van der Waals surface area contributed by atoms with Gasteiger partial charge < -0.3 is 10.1 Å². The number of halogens is 2. The number of rotatable bonds is 3. The molecule has 0 radical (unpaired) electrons. The van der Waals surface area contributed by atoms with Gasteiger partial charge in [-0.25, -0.2) is 0 Å². The van der Waals surface area contributed by atoms with E-state index in [-0.39, 0.29) is 6.10 Å². The minimum absolute atomic E-state index is 0.0629. The lowest BCUT2D eigenvalue weighted by Crippen LogP contribution is -2.23. The fraction of sp³-hybridized carbons (Fsp3) is 0.188. The second kappa shape index (κ2) is 5.85. The molecule has 2 aromatic rings. The number of nitriles is 1. The van der Waals surface area contributed by atoms with Crippen LogP contribution in [-0.2, 0) is 6.42 Å². The molecule has 0 aromatic heterocycles. The van der Waals surface area contributed by atoms with Gasteiger partial charge in [0.15, 0.2) is 0 Å². The van der Waals surface area contributed by atoms with Crippen molar-refractivity contribution in [3.8, 4) is 11.8 Å². The maximum Gasteiger partial charge on any atom is 0.123 e. The van der Waals surface area contributed by atoms with Crippen LogP contribution in [0.4, 0.5) is 5.69 Å². The molecule has 1 aliphatic heterocycles. The molecule has 0 spiro atoms. The summed E-state index contributed by atoms with van der Waals surface area (Å²) in [5.41, 5.74) is 2.48. The summed E-state index contributed by atoms with van der Waals surface area (Å²) in [6, 6.07) is 13.0. The van der Waals surface area contributed by atoms with Crippen molar-refractivity contribution in [2.75, 3.05) is 11.9 Å². The van der Waals surface area contributed by atoms with Gasteiger partial charge in [0.25, 0.3) is 0 Å². The van der Waals surface area contributed by atoms with Gasteiger partial charge in [-0.3, -0.25) is 0 Å². The van der Waals surface area contributed by atoms with Gasteiger partial charge in [-0.05, 0) is 42.0 Å². The molecule has 0 saturated carbocycles. The molecule has 1 heterocycles. The van der Waals surface area contributed by atoms with E-state index in [1.165, 1.54) is 0 Å². The first-order valence-corrected chi connectivity index (χ1v) is 7.30. The Morgan fingerprint density at radius 3 is 2.86 bits per heavy atom. The van der Waals surface area contributed by atoms with Crippen LogP contribution in [0.2, 0.25) is 10.0 Å². The highest BCUT2D eigenvalue weighted by molar-refractivity contribution is 6.32. The van der Waals surface area contributed by atoms with Crippen LogP contribution in [0.25, 0.3) is 0 Å². The molecule has 1 N–H and O–H groups in total. The average molecular weight is 319 g/mol. The van der Waals surface area contributed by atoms with Gasteiger partial charge >= 0.3 is 0 Å². The standard InChI is InChI=1S/C16H12Cl2N2O/c17-12-2-4-16-11(5-12)6-14(21-16)9-20-13-3-1-10(8-19)15(18)7-13/h1-5,7,14,20H,6,9H2. The topological polar surface area (TPSA) is 45.0 Å². The SMILES string of the molecule is N#Cc1ccc(NCC2Cc3cc(Cl)ccc3O2)cc1Cl. The quantitative estimate of drug-likeness (QED) is 0.918. The molecular weight excluding hydrogens is 307 g/mol. The number of hydrogen-bond acceptors (Lipinski definition) is 3. The minimum Gasteiger partial charge on any atom is -0.488 e. The summed E-state index contributed by atoms with van der Waals surface area (Å²) < 4.78 is 5.85. The third-order valence-electron chi connectivity index (χ3n) is 3.39. The van der Waals surface area contributed by atoms with E-state index >= 15 is 0 Å². The molecular formula is C16H12Cl2N2O. The number of anilines is 1. The van der Waals surface area contributed by atoms with E-state index < -0.39 is 0 Å². The summed E-state index contributed by atoms with van der Waals surface area (Å²) in [7, 11) is 0. The van der Waals surface area contributed by atoms with Crippen LogP contribution in [0.1, 0.15) is 11.1 Å². The predicted octanol–water partition coefficient (Wildman–Crippen LogP) is 4.28. The van der Waals surface area contributed by atoms with Gasteiger partial charge in [0.05, 0.1) is 17.1 Å². The molecule has 21 heavy (non-hydrogen) atoms. The lowest BCUT2D eigenvalue weighted by Gasteiger charge is -2.13. The van der Waals surface area contributed by atoms with Crippen molar-refractivity contribution in [2.24, 2.45) is 0 Å². The van der Waals surface area contributed by atoms with E-state index in [9.17, 15) is 0 Å². The van der Waals surface area contributed by atoms with Crippen molar-refractivity contribution in [2.45, 2.75) is 12.5 Å². The summed E-state index contributed by atoms with van der Waals surface area (Å²) in [6.07, 6.45) is 0.889.